The molecule has 0 radical (unpaired) electrons. The number of nitrogens with zero attached hydrogens (tertiary/aromatic N) is 4. The number of aromatic nitrogens is 4. The number of hydrogen-bond acceptors (Lipinski definition) is 5. The molecule has 8 heteroatoms. The summed E-state index contributed by atoms with van der Waals surface area (Å²) in [5, 5.41) is 8.82. The predicted octanol–water partition coefficient (Wildman–Crippen LogP) is 4.92. The average Bonchev–Trinajstić information content (AvgIpc) is 3.09. The minimum Gasteiger partial charge on any atom is -0.365 e. The molecule has 0 aliphatic rings. The minimum atomic E-state index is -0.268. The molecular weight excluding hydrogens is 449 g/mol. The van der Waals surface area contributed by atoms with Gasteiger partial charge in [-0.2, -0.15) is 5.10 Å². The molecule has 2 heterocycles. The zero-order valence-electron chi connectivity index (χ0n) is 16.5. The van der Waals surface area contributed by atoms with Crippen LogP contribution in [0, 0.1) is 5.82 Å². The van der Waals surface area contributed by atoms with Crippen LogP contribution in [-0.4, -0.2) is 26.0 Å². The summed E-state index contributed by atoms with van der Waals surface area (Å²) in [6, 6.07) is 11.7. The van der Waals surface area contributed by atoms with Crippen molar-refractivity contribution in [3.63, 3.8) is 0 Å². The first-order valence-electron chi connectivity index (χ1n) is 9.47. The van der Waals surface area contributed by atoms with Gasteiger partial charge in [0.2, 0.25) is 0 Å². The van der Waals surface area contributed by atoms with Gasteiger partial charge in [0.1, 0.15) is 11.6 Å². The number of halogens is 2. The van der Waals surface area contributed by atoms with E-state index in [2.05, 4.69) is 26.3 Å². The van der Waals surface area contributed by atoms with Gasteiger partial charge in [0.05, 0.1) is 11.1 Å². The third kappa shape index (κ3) is 3.82. The van der Waals surface area contributed by atoms with Crippen molar-refractivity contribution < 1.29 is 9.18 Å². The van der Waals surface area contributed by atoms with Crippen LogP contribution in [0.5, 0.6) is 0 Å². The summed E-state index contributed by atoms with van der Waals surface area (Å²) in [5.41, 5.74) is 3.89. The number of aldehydes is 1. The van der Waals surface area contributed by atoms with E-state index in [1.54, 1.807) is 22.9 Å². The van der Waals surface area contributed by atoms with Crippen LogP contribution in [0.2, 0.25) is 0 Å². The van der Waals surface area contributed by atoms with Crippen molar-refractivity contribution in [3.05, 3.63) is 69.6 Å². The third-order valence-electron chi connectivity index (χ3n) is 4.85. The predicted molar refractivity (Wildman–Crippen MR) is 118 cm³/mol. The lowest BCUT2D eigenvalue weighted by atomic mass is 10.1. The first-order valence-corrected chi connectivity index (χ1v) is 10.3. The summed E-state index contributed by atoms with van der Waals surface area (Å²) in [6.07, 6.45) is 1.53. The van der Waals surface area contributed by atoms with Crippen LogP contribution in [0.15, 0.2) is 46.9 Å². The van der Waals surface area contributed by atoms with E-state index in [0.717, 1.165) is 34.9 Å². The molecule has 0 spiro atoms. The summed E-state index contributed by atoms with van der Waals surface area (Å²) in [4.78, 5) is 20.6. The van der Waals surface area contributed by atoms with Crippen molar-refractivity contribution in [2.45, 2.75) is 19.9 Å². The van der Waals surface area contributed by atoms with Crippen molar-refractivity contribution in [3.8, 4) is 11.4 Å². The molecule has 4 aromatic rings. The Bertz CT molecular complexity index is 1240. The Morgan fingerprint density at radius 2 is 1.93 bits per heavy atom. The van der Waals surface area contributed by atoms with Gasteiger partial charge in [-0.1, -0.05) is 41.1 Å². The molecule has 0 amide bonds. The van der Waals surface area contributed by atoms with E-state index < -0.39 is 0 Å². The van der Waals surface area contributed by atoms with E-state index >= 15 is 0 Å². The maximum atomic E-state index is 13.2. The second kappa shape index (κ2) is 8.31. The molecule has 0 aliphatic heterocycles. The van der Waals surface area contributed by atoms with Gasteiger partial charge in [0.25, 0.3) is 0 Å². The number of nitrogens with one attached hydrogen (secondary N) is 1. The van der Waals surface area contributed by atoms with Gasteiger partial charge in [0, 0.05) is 29.2 Å². The Hall–Kier alpha value is -3.13. The largest absolute Gasteiger partial charge is 0.365 e. The highest BCUT2D eigenvalue weighted by Crippen LogP contribution is 2.30. The number of carbonyl (C=O) groups is 1. The Morgan fingerprint density at radius 1 is 1.17 bits per heavy atom. The molecular formula is C22H19BrFN5O. The lowest BCUT2D eigenvalue weighted by Gasteiger charge is -2.11. The number of rotatable bonds is 6. The number of aryl methyl sites for hydroxylation is 2. The summed E-state index contributed by atoms with van der Waals surface area (Å²) in [7, 11) is 1.85. The molecule has 0 fully saturated rings. The van der Waals surface area contributed by atoms with Crippen molar-refractivity contribution >= 4 is 39.1 Å². The first kappa shape index (κ1) is 20.2. The highest BCUT2D eigenvalue weighted by Gasteiger charge is 2.18. The van der Waals surface area contributed by atoms with Crippen LogP contribution < -0.4 is 5.32 Å². The number of anilines is 1. The topological polar surface area (TPSA) is 72.7 Å². The third-order valence-corrected chi connectivity index (χ3v) is 5.54. The molecule has 6 nitrogen and oxygen atoms in total. The summed E-state index contributed by atoms with van der Waals surface area (Å²) < 4.78 is 15.6. The monoisotopic (exact) mass is 467 g/mol. The van der Waals surface area contributed by atoms with Crippen molar-refractivity contribution in [2.75, 3.05) is 5.32 Å². The van der Waals surface area contributed by atoms with Crippen molar-refractivity contribution in [1.29, 1.82) is 0 Å². The van der Waals surface area contributed by atoms with Crippen LogP contribution in [-0.2, 0) is 20.0 Å². The Morgan fingerprint density at radius 3 is 2.60 bits per heavy atom. The summed E-state index contributed by atoms with van der Waals surface area (Å²) in [6.45, 7) is 2.52. The molecule has 30 heavy (non-hydrogen) atoms. The molecule has 0 atom stereocenters. The van der Waals surface area contributed by atoms with Crippen LogP contribution >= 0.6 is 15.9 Å². The molecule has 152 valence electrons. The molecule has 2 aromatic heterocycles. The highest BCUT2D eigenvalue weighted by atomic mass is 79.9. The van der Waals surface area contributed by atoms with Gasteiger partial charge in [-0.15, -0.1) is 0 Å². The van der Waals surface area contributed by atoms with E-state index in [-0.39, 0.29) is 5.82 Å². The fourth-order valence-corrected chi connectivity index (χ4v) is 3.75. The number of hydrogen-bond donors (Lipinski definition) is 1. The lowest BCUT2D eigenvalue weighted by molar-refractivity contribution is 0.112. The SMILES string of the molecule is CCc1nn(C)c2nc(-c3ccc(C=O)c(Br)c3)nc(NCc3ccc(F)cc3)c12. The van der Waals surface area contributed by atoms with Crippen LogP contribution in [0.1, 0.15) is 28.5 Å². The molecule has 1 N–H and O–H groups in total. The van der Waals surface area contributed by atoms with Gasteiger partial charge in [-0.05, 0) is 36.2 Å². The molecule has 0 saturated carbocycles. The average molecular weight is 468 g/mol. The van der Waals surface area contributed by atoms with Gasteiger partial charge < -0.3 is 5.32 Å². The van der Waals surface area contributed by atoms with E-state index in [4.69, 9.17) is 9.97 Å². The number of fused-ring (bicyclic) bond motifs is 1. The van der Waals surface area contributed by atoms with Crippen LogP contribution in [0.3, 0.4) is 0 Å². The maximum Gasteiger partial charge on any atom is 0.164 e. The summed E-state index contributed by atoms with van der Waals surface area (Å²) >= 11 is 3.42. The molecule has 0 unspecified atom stereocenters. The quantitative estimate of drug-likeness (QED) is 0.407. The molecule has 0 saturated heterocycles. The summed E-state index contributed by atoms with van der Waals surface area (Å²) in [5.74, 6) is 0.920. The molecule has 0 bridgehead atoms. The van der Waals surface area contributed by atoms with Crippen molar-refractivity contribution in [2.24, 2.45) is 7.05 Å². The van der Waals surface area contributed by atoms with Crippen molar-refractivity contribution in [1.82, 2.24) is 19.7 Å². The highest BCUT2D eigenvalue weighted by molar-refractivity contribution is 9.10. The van der Waals surface area contributed by atoms with Crippen LogP contribution in [0.25, 0.3) is 22.4 Å². The van der Waals surface area contributed by atoms with Gasteiger partial charge in [-0.3, -0.25) is 4.79 Å². The molecule has 4 rings (SSSR count). The first-order chi connectivity index (χ1) is 14.5. The Labute approximate surface area is 181 Å². The minimum absolute atomic E-state index is 0.268. The standard InChI is InChI=1S/C22H19BrFN5O/c1-3-18-19-21(25-11-13-4-8-16(24)9-5-13)26-20(27-22(19)29(2)28-18)14-6-7-15(12-30)17(23)10-14/h4-10,12H,3,11H2,1-2H3,(H,25,26,27). The van der Waals surface area contributed by atoms with E-state index in [0.29, 0.717) is 33.9 Å². The fourth-order valence-electron chi connectivity index (χ4n) is 3.28. The normalized spacial score (nSPS) is 11.1. The van der Waals surface area contributed by atoms with Gasteiger partial charge in [0.15, 0.2) is 17.8 Å². The Kier molecular flexibility index (Phi) is 5.59. The zero-order valence-corrected chi connectivity index (χ0v) is 18.1. The Balaban J connectivity index is 1.81. The fraction of sp³-hybridized carbons (Fsp3) is 0.182. The second-order valence-electron chi connectivity index (χ2n) is 6.85. The van der Waals surface area contributed by atoms with E-state index in [9.17, 15) is 9.18 Å². The van der Waals surface area contributed by atoms with E-state index in [1.807, 2.05) is 26.1 Å². The lowest BCUT2D eigenvalue weighted by Crippen LogP contribution is -2.05. The number of carbonyl (C=O) groups excluding carboxylic acids is 1. The maximum absolute atomic E-state index is 13.2. The van der Waals surface area contributed by atoms with Gasteiger partial charge in [-0.25, -0.2) is 19.0 Å². The molecule has 0 aliphatic carbocycles. The number of benzene rings is 2. The van der Waals surface area contributed by atoms with Gasteiger partial charge >= 0.3 is 0 Å². The van der Waals surface area contributed by atoms with Crippen LogP contribution in [0.4, 0.5) is 10.2 Å². The van der Waals surface area contributed by atoms with E-state index in [1.165, 1.54) is 12.1 Å². The zero-order chi connectivity index (χ0) is 21.3. The smallest absolute Gasteiger partial charge is 0.164 e. The second-order valence-corrected chi connectivity index (χ2v) is 7.71. The molecule has 2 aromatic carbocycles.